The van der Waals surface area contributed by atoms with Crippen LogP contribution < -0.4 is 10.6 Å². The minimum atomic E-state index is 0.294. The largest absolute Gasteiger partial charge is 0.353 e. The second-order valence-electron chi connectivity index (χ2n) is 4.05. The lowest BCUT2D eigenvalue weighted by molar-refractivity contribution is 0.751. The van der Waals surface area contributed by atoms with Gasteiger partial charge in [0.2, 0.25) is 0 Å². The van der Waals surface area contributed by atoms with Crippen molar-refractivity contribution in [3.8, 4) is 0 Å². The van der Waals surface area contributed by atoms with E-state index in [1.54, 1.807) is 0 Å². The number of aromatic nitrogens is 2. The second-order valence-corrected chi connectivity index (χ2v) is 4.05. The van der Waals surface area contributed by atoms with Crippen LogP contribution in [-0.4, -0.2) is 28.5 Å². The van der Waals surface area contributed by atoms with Gasteiger partial charge < -0.3 is 15.0 Å². The summed E-state index contributed by atoms with van der Waals surface area (Å²) >= 11 is 0. The lowest BCUT2D eigenvalue weighted by Crippen LogP contribution is -2.27. The fourth-order valence-electron chi connectivity index (χ4n) is 2.18. The van der Waals surface area contributed by atoms with Gasteiger partial charge in [-0.25, -0.2) is 4.98 Å². The number of nitrogens with zero attached hydrogens (tertiary/aromatic N) is 3. The Hall–Kier alpha value is -1.55. The number of hydrogen-bond donors (Lipinski definition) is 1. The molecule has 1 fully saturated rings. The third-order valence-corrected chi connectivity index (χ3v) is 2.96. The zero-order valence-corrected chi connectivity index (χ0v) is 8.50. The second kappa shape index (κ2) is 3.24. The highest BCUT2D eigenvalue weighted by molar-refractivity contribution is 5.69. The van der Waals surface area contributed by atoms with E-state index in [0.29, 0.717) is 6.04 Å². The highest BCUT2D eigenvalue weighted by Gasteiger charge is 2.21. The first-order valence-electron chi connectivity index (χ1n) is 5.27. The van der Waals surface area contributed by atoms with Crippen LogP contribution in [-0.2, 0) is 0 Å². The van der Waals surface area contributed by atoms with Crippen molar-refractivity contribution in [3.63, 3.8) is 0 Å². The Morgan fingerprint density at radius 3 is 3.13 bits per heavy atom. The SMILES string of the molecule is N[C@@H]1CCN(c2nccn3cccc23)C1. The molecule has 1 aliphatic heterocycles. The number of anilines is 1. The fourth-order valence-corrected chi connectivity index (χ4v) is 2.18. The van der Waals surface area contributed by atoms with E-state index in [0.717, 1.165) is 30.8 Å². The average molecular weight is 202 g/mol. The van der Waals surface area contributed by atoms with E-state index in [4.69, 9.17) is 5.73 Å². The van der Waals surface area contributed by atoms with E-state index < -0.39 is 0 Å². The third-order valence-electron chi connectivity index (χ3n) is 2.96. The number of fused-ring (bicyclic) bond motifs is 1. The van der Waals surface area contributed by atoms with E-state index >= 15 is 0 Å². The lowest BCUT2D eigenvalue weighted by atomic mass is 10.3. The molecule has 0 spiro atoms. The zero-order valence-electron chi connectivity index (χ0n) is 8.50. The van der Waals surface area contributed by atoms with Crippen LogP contribution in [0.5, 0.6) is 0 Å². The molecule has 1 aliphatic rings. The molecule has 78 valence electrons. The van der Waals surface area contributed by atoms with Gasteiger partial charge in [0.25, 0.3) is 0 Å². The van der Waals surface area contributed by atoms with Gasteiger partial charge in [-0.05, 0) is 18.6 Å². The van der Waals surface area contributed by atoms with Crippen LogP contribution in [0.25, 0.3) is 5.52 Å². The van der Waals surface area contributed by atoms with Crippen molar-refractivity contribution in [1.82, 2.24) is 9.38 Å². The smallest absolute Gasteiger partial charge is 0.152 e. The molecule has 3 heterocycles. The summed E-state index contributed by atoms with van der Waals surface area (Å²) in [6, 6.07) is 4.42. The van der Waals surface area contributed by atoms with Gasteiger partial charge in [0.15, 0.2) is 5.82 Å². The van der Waals surface area contributed by atoms with Crippen molar-refractivity contribution in [1.29, 1.82) is 0 Å². The summed E-state index contributed by atoms with van der Waals surface area (Å²) in [4.78, 5) is 6.71. The Kier molecular flexibility index (Phi) is 1.89. The Bertz CT molecular complexity index is 476. The first-order valence-corrected chi connectivity index (χ1v) is 5.27. The molecular weight excluding hydrogens is 188 g/mol. The maximum absolute atomic E-state index is 5.91. The van der Waals surface area contributed by atoms with Gasteiger partial charge in [-0.1, -0.05) is 0 Å². The molecule has 15 heavy (non-hydrogen) atoms. The first-order chi connectivity index (χ1) is 7.34. The summed E-state index contributed by atoms with van der Waals surface area (Å²) < 4.78 is 2.09. The quantitative estimate of drug-likeness (QED) is 0.746. The molecule has 2 aromatic heterocycles. The molecular formula is C11H14N4. The van der Waals surface area contributed by atoms with Crippen molar-refractivity contribution >= 4 is 11.3 Å². The monoisotopic (exact) mass is 202 g/mol. The van der Waals surface area contributed by atoms with Crippen LogP contribution in [0.3, 0.4) is 0 Å². The summed E-state index contributed by atoms with van der Waals surface area (Å²) in [7, 11) is 0. The van der Waals surface area contributed by atoms with Crippen molar-refractivity contribution in [3.05, 3.63) is 30.7 Å². The van der Waals surface area contributed by atoms with E-state index in [2.05, 4.69) is 20.4 Å². The van der Waals surface area contributed by atoms with Gasteiger partial charge in [0.1, 0.15) is 0 Å². The summed E-state index contributed by atoms with van der Waals surface area (Å²) in [5.41, 5.74) is 7.06. The van der Waals surface area contributed by atoms with E-state index in [1.807, 2.05) is 24.7 Å². The molecule has 1 atom stereocenters. The molecule has 4 nitrogen and oxygen atoms in total. The highest BCUT2D eigenvalue weighted by atomic mass is 15.2. The predicted octanol–water partition coefficient (Wildman–Crippen LogP) is 0.872. The summed E-state index contributed by atoms with van der Waals surface area (Å²) in [6.45, 7) is 1.93. The van der Waals surface area contributed by atoms with Crippen LogP contribution >= 0.6 is 0 Å². The van der Waals surface area contributed by atoms with Gasteiger partial charge in [0, 0.05) is 37.7 Å². The lowest BCUT2D eigenvalue weighted by Gasteiger charge is -2.17. The number of hydrogen-bond acceptors (Lipinski definition) is 3. The van der Waals surface area contributed by atoms with Crippen LogP contribution in [0.4, 0.5) is 5.82 Å². The van der Waals surface area contributed by atoms with Crippen molar-refractivity contribution < 1.29 is 0 Å². The number of nitrogens with two attached hydrogens (primary N) is 1. The Morgan fingerprint density at radius 2 is 2.33 bits per heavy atom. The van der Waals surface area contributed by atoms with Crippen molar-refractivity contribution in [2.24, 2.45) is 5.73 Å². The highest BCUT2D eigenvalue weighted by Crippen LogP contribution is 2.22. The fraction of sp³-hybridized carbons (Fsp3) is 0.364. The molecule has 0 radical (unpaired) electrons. The molecule has 0 aromatic carbocycles. The molecule has 0 amide bonds. The molecule has 0 saturated carbocycles. The molecule has 0 aliphatic carbocycles. The molecule has 0 bridgehead atoms. The molecule has 1 saturated heterocycles. The summed E-state index contributed by atoms with van der Waals surface area (Å²) in [5.74, 6) is 1.05. The zero-order chi connectivity index (χ0) is 10.3. The van der Waals surface area contributed by atoms with Crippen LogP contribution in [0.1, 0.15) is 6.42 Å². The van der Waals surface area contributed by atoms with Crippen molar-refractivity contribution in [2.75, 3.05) is 18.0 Å². The Balaban J connectivity index is 2.06. The van der Waals surface area contributed by atoms with Gasteiger partial charge in [-0.2, -0.15) is 0 Å². The van der Waals surface area contributed by atoms with Gasteiger partial charge in [-0.15, -0.1) is 0 Å². The van der Waals surface area contributed by atoms with Gasteiger partial charge in [0.05, 0.1) is 5.52 Å². The summed E-state index contributed by atoms with van der Waals surface area (Å²) in [6.07, 6.45) is 6.90. The average Bonchev–Trinajstić information content (AvgIpc) is 2.84. The van der Waals surface area contributed by atoms with Crippen LogP contribution in [0.15, 0.2) is 30.7 Å². The van der Waals surface area contributed by atoms with E-state index in [1.165, 1.54) is 0 Å². The third kappa shape index (κ3) is 1.37. The van der Waals surface area contributed by atoms with Crippen LogP contribution in [0, 0.1) is 0 Å². The van der Waals surface area contributed by atoms with E-state index in [-0.39, 0.29) is 0 Å². The Morgan fingerprint density at radius 1 is 1.40 bits per heavy atom. The first kappa shape index (κ1) is 8.73. The molecule has 2 aromatic rings. The topological polar surface area (TPSA) is 46.6 Å². The van der Waals surface area contributed by atoms with Crippen molar-refractivity contribution in [2.45, 2.75) is 12.5 Å². The standard InChI is InChI=1S/C11H14N4/c12-9-3-6-15(8-9)11-10-2-1-5-14(10)7-4-13-11/h1-2,4-5,7,9H,3,6,8,12H2/t9-/m1/s1. The summed E-state index contributed by atoms with van der Waals surface area (Å²) in [5, 5.41) is 0. The molecule has 0 unspecified atom stereocenters. The maximum atomic E-state index is 5.91. The van der Waals surface area contributed by atoms with E-state index in [9.17, 15) is 0 Å². The molecule has 2 N–H and O–H groups in total. The maximum Gasteiger partial charge on any atom is 0.152 e. The predicted molar refractivity (Wildman–Crippen MR) is 60.0 cm³/mol. The normalized spacial score (nSPS) is 21.4. The minimum absolute atomic E-state index is 0.294. The van der Waals surface area contributed by atoms with Gasteiger partial charge in [-0.3, -0.25) is 0 Å². The minimum Gasteiger partial charge on any atom is -0.353 e. The molecule has 4 heteroatoms. The van der Waals surface area contributed by atoms with Gasteiger partial charge >= 0.3 is 0 Å². The van der Waals surface area contributed by atoms with Crippen LogP contribution in [0.2, 0.25) is 0 Å². The number of rotatable bonds is 1. The molecule has 3 rings (SSSR count). The Labute approximate surface area is 88.3 Å².